The van der Waals surface area contributed by atoms with Gasteiger partial charge < -0.3 is 4.84 Å². The van der Waals surface area contributed by atoms with Crippen molar-refractivity contribution in [3.05, 3.63) is 92.5 Å². The van der Waals surface area contributed by atoms with Crippen molar-refractivity contribution in [2.45, 2.75) is 69.6 Å². The predicted molar refractivity (Wildman–Crippen MR) is 159 cm³/mol. The molecule has 1 aliphatic carbocycles. The smallest absolute Gasteiger partial charge is 0.318 e. The van der Waals surface area contributed by atoms with Crippen LogP contribution < -0.4 is 0 Å². The lowest BCUT2D eigenvalue weighted by molar-refractivity contribution is -0.384. The van der Waals surface area contributed by atoms with E-state index in [0.29, 0.717) is 17.2 Å². The van der Waals surface area contributed by atoms with Gasteiger partial charge >= 0.3 is 5.97 Å². The summed E-state index contributed by atoms with van der Waals surface area (Å²) in [6.07, 6.45) is 5.15. The number of hydrogen-bond acceptors (Lipinski definition) is 6. The molecule has 0 atom stereocenters. The molecule has 0 saturated carbocycles. The molecule has 0 radical (unpaired) electrons. The van der Waals surface area contributed by atoms with Gasteiger partial charge in [0.2, 0.25) is 0 Å². The molecule has 8 heteroatoms. The number of nitro groups is 1. The number of benzene rings is 3. The van der Waals surface area contributed by atoms with Gasteiger partial charge in [0.05, 0.1) is 10.6 Å². The summed E-state index contributed by atoms with van der Waals surface area (Å²) in [6, 6.07) is 19.3. The number of carbonyl (C=O) groups is 1. The zero-order valence-corrected chi connectivity index (χ0v) is 24.1. The fourth-order valence-corrected chi connectivity index (χ4v) is 6.59. The van der Waals surface area contributed by atoms with Gasteiger partial charge in [-0.1, -0.05) is 55.6 Å². The van der Waals surface area contributed by atoms with Crippen LogP contribution >= 0.6 is 23.4 Å². The largest absolute Gasteiger partial charge is 0.331 e. The Morgan fingerprint density at radius 1 is 1.00 bits per heavy atom. The Morgan fingerprint density at radius 2 is 1.64 bits per heavy atom. The molecule has 0 amide bonds. The lowest BCUT2D eigenvalue weighted by atomic mass is 9.71. The normalized spacial score (nSPS) is 13.6. The van der Waals surface area contributed by atoms with Crippen LogP contribution in [-0.4, -0.2) is 22.4 Å². The molecule has 0 heterocycles. The van der Waals surface area contributed by atoms with E-state index < -0.39 is 5.97 Å². The Hall–Kier alpha value is -3.16. The highest BCUT2D eigenvalue weighted by atomic mass is 35.5. The van der Waals surface area contributed by atoms with Gasteiger partial charge in [-0.05, 0) is 95.7 Å². The summed E-state index contributed by atoms with van der Waals surface area (Å²) in [6.45, 7) is 5.65. The summed E-state index contributed by atoms with van der Waals surface area (Å²) in [5, 5.41) is 16.6. The second-order valence-electron chi connectivity index (χ2n) is 9.86. The van der Waals surface area contributed by atoms with Crippen molar-refractivity contribution in [2.24, 2.45) is 5.16 Å². The first-order valence-corrected chi connectivity index (χ1v) is 14.7. The van der Waals surface area contributed by atoms with Gasteiger partial charge in [0.1, 0.15) is 0 Å². The molecule has 0 bridgehead atoms. The van der Waals surface area contributed by atoms with E-state index in [4.69, 9.17) is 16.4 Å². The van der Waals surface area contributed by atoms with Crippen LogP contribution in [0.15, 0.2) is 70.7 Å². The number of nitro benzene ring substituents is 1. The summed E-state index contributed by atoms with van der Waals surface area (Å²) in [7, 11) is 0. The van der Waals surface area contributed by atoms with Crippen molar-refractivity contribution in [3.8, 4) is 11.1 Å². The van der Waals surface area contributed by atoms with Gasteiger partial charge in [0, 0.05) is 34.4 Å². The van der Waals surface area contributed by atoms with Crippen LogP contribution in [0, 0.1) is 10.1 Å². The molecular formula is C31H33ClN2O4S. The van der Waals surface area contributed by atoms with Gasteiger partial charge in [0.25, 0.3) is 5.69 Å². The number of fused-ring (bicyclic) bond motifs is 3. The van der Waals surface area contributed by atoms with Crippen LogP contribution in [0.25, 0.3) is 11.1 Å². The third-order valence-electron chi connectivity index (χ3n) is 7.17. The molecule has 204 valence electrons. The molecule has 0 spiro atoms. The summed E-state index contributed by atoms with van der Waals surface area (Å²) in [5.74, 6) is 0.409. The van der Waals surface area contributed by atoms with E-state index in [-0.39, 0.29) is 16.0 Å². The highest BCUT2D eigenvalue weighted by Gasteiger charge is 2.43. The second-order valence-corrected chi connectivity index (χ2v) is 11.5. The first-order valence-electron chi connectivity index (χ1n) is 13.4. The summed E-state index contributed by atoms with van der Waals surface area (Å²) in [4.78, 5) is 29.2. The Balaban J connectivity index is 1.68. The SMILES string of the molecule is CCCC1(CCC)c2cc(C(CCCSc3ccc(Cl)cc3)=NOC(C)=O)ccc2-c2ccc([N+](=O)[O-])cc21. The summed E-state index contributed by atoms with van der Waals surface area (Å²) >= 11 is 7.74. The maximum Gasteiger partial charge on any atom is 0.331 e. The number of nitrogens with zero attached hydrogens (tertiary/aromatic N) is 2. The third-order valence-corrected chi connectivity index (χ3v) is 8.52. The molecule has 0 aromatic heterocycles. The maximum absolute atomic E-state index is 11.6. The topological polar surface area (TPSA) is 81.8 Å². The molecule has 0 unspecified atom stereocenters. The van der Waals surface area contributed by atoms with E-state index in [0.717, 1.165) is 65.0 Å². The number of carbonyl (C=O) groups excluding carboxylic acids is 1. The fourth-order valence-electron chi connectivity index (χ4n) is 5.62. The molecule has 39 heavy (non-hydrogen) atoms. The summed E-state index contributed by atoms with van der Waals surface area (Å²) < 4.78 is 0. The lowest BCUT2D eigenvalue weighted by Gasteiger charge is -2.32. The van der Waals surface area contributed by atoms with Crippen molar-refractivity contribution >= 4 is 40.7 Å². The third kappa shape index (κ3) is 6.36. The molecule has 0 N–H and O–H groups in total. The van der Waals surface area contributed by atoms with Gasteiger partial charge in [-0.3, -0.25) is 10.1 Å². The van der Waals surface area contributed by atoms with Crippen molar-refractivity contribution < 1.29 is 14.6 Å². The van der Waals surface area contributed by atoms with Crippen LogP contribution in [0.4, 0.5) is 5.69 Å². The van der Waals surface area contributed by atoms with E-state index in [2.05, 4.69) is 31.1 Å². The number of non-ortho nitro benzene ring substituents is 1. The Kier molecular flexibility index (Phi) is 9.46. The zero-order chi connectivity index (χ0) is 28.0. The lowest BCUT2D eigenvalue weighted by Crippen LogP contribution is -2.25. The van der Waals surface area contributed by atoms with E-state index in [1.165, 1.54) is 12.5 Å². The van der Waals surface area contributed by atoms with Gasteiger partial charge in [-0.25, -0.2) is 4.79 Å². The molecule has 0 saturated heterocycles. The second kappa shape index (κ2) is 12.8. The standard InChI is InChI=1S/C31H33ClN2O4S/c1-4-16-31(17-5-2)28-19-22(8-14-26(28)27-15-11-24(34(36)37)20-29(27)31)30(33-38-21(3)35)7-6-18-39-25-12-9-23(32)10-13-25/h8-15,19-20H,4-7,16-18H2,1-3H3. The predicted octanol–water partition coefficient (Wildman–Crippen LogP) is 8.95. The minimum Gasteiger partial charge on any atom is -0.318 e. The molecule has 3 aromatic rings. The van der Waals surface area contributed by atoms with Gasteiger partial charge in [-0.15, -0.1) is 11.8 Å². The maximum atomic E-state index is 11.6. The quantitative estimate of drug-likeness (QED) is 0.0547. The van der Waals surface area contributed by atoms with Crippen LogP contribution in [0.2, 0.25) is 5.02 Å². The molecule has 1 aliphatic rings. The van der Waals surface area contributed by atoms with Crippen LogP contribution in [0.3, 0.4) is 0 Å². The monoisotopic (exact) mass is 564 g/mol. The number of oxime groups is 1. The molecule has 4 rings (SSSR count). The van der Waals surface area contributed by atoms with Gasteiger partial charge in [-0.2, -0.15) is 0 Å². The first kappa shape index (κ1) is 28.8. The average Bonchev–Trinajstić information content (AvgIpc) is 3.18. The van der Waals surface area contributed by atoms with Crippen molar-refractivity contribution in [1.82, 2.24) is 0 Å². The minimum atomic E-state index is -0.463. The first-order chi connectivity index (χ1) is 18.8. The van der Waals surface area contributed by atoms with Crippen molar-refractivity contribution in [3.63, 3.8) is 0 Å². The number of hydrogen-bond donors (Lipinski definition) is 0. The summed E-state index contributed by atoms with van der Waals surface area (Å²) in [5.41, 5.74) is 5.80. The van der Waals surface area contributed by atoms with Crippen LogP contribution in [0.1, 0.15) is 76.0 Å². The van der Waals surface area contributed by atoms with Crippen molar-refractivity contribution in [2.75, 3.05) is 5.75 Å². The Morgan fingerprint density at radius 3 is 2.26 bits per heavy atom. The highest BCUT2D eigenvalue weighted by Crippen LogP contribution is 2.54. The van der Waals surface area contributed by atoms with Crippen molar-refractivity contribution in [1.29, 1.82) is 0 Å². The Bertz CT molecular complexity index is 1380. The van der Waals surface area contributed by atoms with E-state index in [1.54, 1.807) is 23.9 Å². The average molecular weight is 565 g/mol. The fraction of sp³-hybridized carbons (Fsp3) is 0.355. The molecular weight excluding hydrogens is 532 g/mol. The van der Waals surface area contributed by atoms with E-state index in [1.807, 2.05) is 36.4 Å². The minimum absolute atomic E-state index is 0.119. The number of thioether (sulfide) groups is 1. The number of rotatable bonds is 12. The highest BCUT2D eigenvalue weighted by molar-refractivity contribution is 7.99. The molecule has 3 aromatic carbocycles. The Labute approximate surface area is 238 Å². The van der Waals surface area contributed by atoms with E-state index in [9.17, 15) is 14.9 Å². The molecule has 0 fully saturated rings. The molecule has 0 aliphatic heterocycles. The van der Waals surface area contributed by atoms with Gasteiger partial charge in [0.15, 0.2) is 0 Å². The zero-order valence-electron chi connectivity index (χ0n) is 22.5. The molecule has 6 nitrogen and oxygen atoms in total. The number of halogens is 1. The van der Waals surface area contributed by atoms with Crippen LogP contribution in [-0.2, 0) is 15.0 Å². The van der Waals surface area contributed by atoms with E-state index >= 15 is 0 Å². The van der Waals surface area contributed by atoms with Crippen LogP contribution in [0.5, 0.6) is 0 Å².